The molecule has 1 N–H and O–H groups in total. The number of aromatic amines is 1. The first-order valence-corrected chi connectivity index (χ1v) is 11.9. The summed E-state index contributed by atoms with van der Waals surface area (Å²) < 4.78 is 8.09. The second-order valence-electron chi connectivity index (χ2n) is 7.82. The second-order valence-corrected chi connectivity index (χ2v) is 9.55. The van der Waals surface area contributed by atoms with Crippen LogP contribution in [0.3, 0.4) is 0 Å². The van der Waals surface area contributed by atoms with E-state index in [9.17, 15) is 14.9 Å². The van der Waals surface area contributed by atoms with Crippen LogP contribution in [0.1, 0.15) is 19.4 Å². The molecule has 0 saturated carbocycles. The molecule has 4 rings (SSSR count). The normalized spacial score (nSPS) is 11.5. The Hall–Kier alpha value is -3.33. The summed E-state index contributed by atoms with van der Waals surface area (Å²) in [7, 11) is 0. The molecular formula is C25H18BrCl2N3O4. The van der Waals surface area contributed by atoms with E-state index >= 15 is 0 Å². The maximum absolute atomic E-state index is 13.4. The van der Waals surface area contributed by atoms with Crippen LogP contribution in [0.25, 0.3) is 17.3 Å². The van der Waals surface area contributed by atoms with Gasteiger partial charge in [-0.05, 0) is 74.5 Å². The van der Waals surface area contributed by atoms with Crippen LogP contribution in [0.4, 0.5) is 5.69 Å². The molecule has 35 heavy (non-hydrogen) atoms. The number of rotatable bonds is 5. The van der Waals surface area contributed by atoms with E-state index in [2.05, 4.69) is 21.0 Å². The molecular weight excluding hydrogens is 557 g/mol. The Morgan fingerprint density at radius 2 is 1.71 bits per heavy atom. The monoisotopic (exact) mass is 573 g/mol. The summed E-state index contributed by atoms with van der Waals surface area (Å²) in [6.45, 7) is 3.67. The zero-order valence-corrected chi connectivity index (χ0v) is 21.6. The lowest BCUT2D eigenvalue weighted by molar-refractivity contribution is -0.385. The predicted octanol–water partition coefficient (Wildman–Crippen LogP) is 5.95. The van der Waals surface area contributed by atoms with Gasteiger partial charge in [0.15, 0.2) is 0 Å². The number of hydrogen-bond acceptors (Lipinski definition) is 4. The van der Waals surface area contributed by atoms with Crippen molar-refractivity contribution in [3.8, 4) is 17.2 Å². The number of ether oxygens (including phenoxy) is 1. The highest BCUT2D eigenvalue weighted by Gasteiger charge is 2.16. The smallest absolute Gasteiger partial charge is 0.279 e. The SMILES string of the molecule is CC(C)=c1[nH]n(-c2ccc(Cl)c(Cl)c2)c(=O)c1=Cc1cc(Oc2ccc(Br)cc2)ccc1[N+](=O)[O-]. The van der Waals surface area contributed by atoms with Gasteiger partial charge in [0.25, 0.3) is 11.2 Å². The van der Waals surface area contributed by atoms with Crippen molar-refractivity contribution < 1.29 is 9.66 Å². The zero-order valence-electron chi connectivity index (χ0n) is 18.5. The summed E-state index contributed by atoms with van der Waals surface area (Å²) in [5.74, 6) is 0.957. The molecule has 178 valence electrons. The first-order chi connectivity index (χ1) is 16.6. The van der Waals surface area contributed by atoms with Gasteiger partial charge in [-0.25, -0.2) is 4.68 Å². The molecule has 0 radical (unpaired) electrons. The van der Waals surface area contributed by atoms with E-state index in [1.165, 1.54) is 29.0 Å². The fourth-order valence-electron chi connectivity index (χ4n) is 3.44. The number of nitro groups is 1. The van der Waals surface area contributed by atoms with E-state index in [0.717, 1.165) is 10.0 Å². The van der Waals surface area contributed by atoms with Crippen molar-refractivity contribution in [1.29, 1.82) is 0 Å². The molecule has 0 aliphatic heterocycles. The van der Waals surface area contributed by atoms with Gasteiger partial charge in [0.2, 0.25) is 0 Å². The predicted molar refractivity (Wildman–Crippen MR) is 141 cm³/mol. The molecule has 0 fully saturated rings. The maximum atomic E-state index is 13.4. The van der Waals surface area contributed by atoms with Crippen molar-refractivity contribution in [2.75, 3.05) is 0 Å². The molecule has 0 unspecified atom stereocenters. The van der Waals surface area contributed by atoms with Crippen molar-refractivity contribution in [2.45, 2.75) is 13.8 Å². The van der Waals surface area contributed by atoms with E-state index in [1.54, 1.807) is 30.3 Å². The minimum absolute atomic E-state index is 0.158. The van der Waals surface area contributed by atoms with Gasteiger partial charge in [-0.2, -0.15) is 0 Å². The van der Waals surface area contributed by atoms with Crippen LogP contribution in [0.5, 0.6) is 11.5 Å². The fraction of sp³-hybridized carbons (Fsp3) is 0.0800. The van der Waals surface area contributed by atoms with Gasteiger partial charge in [-0.15, -0.1) is 0 Å². The average Bonchev–Trinajstić information content (AvgIpc) is 3.13. The lowest BCUT2D eigenvalue weighted by Gasteiger charge is -2.07. The molecule has 0 aliphatic rings. The van der Waals surface area contributed by atoms with Gasteiger partial charge in [-0.3, -0.25) is 20.0 Å². The minimum atomic E-state index is -0.498. The number of H-pyrrole nitrogens is 1. The van der Waals surface area contributed by atoms with Crippen molar-refractivity contribution in [3.05, 3.63) is 112 Å². The summed E-state index contributed by atoms with van der Waals surface area (Å²) in [5.41, 5.74) is 0.970. The minimum Gasteiger partial charge on any atom is -0.457 e. The van der Waals surface area contributed by atoms with E-state index in [0.29, 0.717) is 32.6 Å². The van der Waals surface area contributed by atoms with Crippen LogP contribution in [-0.2, 0) is 0 Å². The van der Waals surface area contributed by atoms with Crippen LogP contribution in [0.2, 0.25) is 10.0 Å². The third kappa shape index (κ3) is 5.35. The molecule has 4 aromatic rings. The third-order valence-electron chi connectivity index (χ3n) is 5.13. The first kappa shape index (κ1) is 24.8. The lowest BCUT2D eigenvalue weighted by Crippen LogP contribution is -2.35. The standard InChI is InChI=1S/C25H18BrCl2N3O4/c1-14(2)24-20(25(32)30(29-24)17-5-9-21(27)22(28)13-17)12-15-11-19(8-10-23(15)31(33)34)35-18-6-3-16(26)4-7-18/h3-13,29H,1-2H3. The Labute approximate surface area is 218 Å². The highest BCUT2D eigenvalue weighted by atomic mass is 79.9. The molecule has 10 heteroatoms. The zero-order chi connectivity index (χ0) is 25.3. The summed E-state index contributed by atoms with van der Waals surface area (Å²) in [6, 6.07) is 16.4. The topological polar surface area (TPSA) is 90.2 Å². The Bertz CT molecular complexity index is 1620. The van der Waals surface area contributed by atoms with Crippen molar-refractivity contribution in [3.63, 3.8) is 0 Å². The van der Waals surface area contributed by atoms with Gasteiger partial charge >= 0.3 is 0 Å². The largest absolute Gasteiger partial charge is 0.457 e. The number of nitro benzene ring substituents is 1. The van der Waals surface area contributed by atoms with Crippen molar-refractivity contribution in [2.24, 2.45) is 0 Å². The van der Waals surface area contributed by atoms with Crippen LogP contribution in [-0.4, -0.2) is 14.7 Å². The van der Waals surface area contributed by atoms with Crippen LogP contribution in [0.15, 0.2) is 69.9 Å². The van der Waals surface area contributed by atoms with Gasteiger partial charge in [0.05, 0.1) is 36.8 Å². The van der Waals surface area contributed by atoms with Crippen molar-refractivity contribution in [1.82, 2.24) is 9.78 Å². The number of nitrogens with zero attached hydrogens (tertiary/aromatic N) is 2. The van der Waals surface area contributed by atoms with Crippen LogP contribution >= 0.6 is 39.1 Å². The Kier molecular flexibility index (Phi) is 7.16. The number of nitrogens with one attached hydrogen (secondary N) is 1. The number of aromatic nitrogens is 2. The van der Waals surface area contributed by atoms with Gasteiger partial charge in [-0.1, -0.05) is 44.7 Å². The molecule has 0 spiro atoms. The molecule has 0 aliphatic carbocycles. The number of halogens is 3. The first-order valence-electron chi connectivity index (χ1n) is 10.3. The van der Waals surface area contributed by atoms with E-state index < -0.39 is 10.5 Å². The third-order valence-corrected chi connectivity index (χ3v) is 6.40. The molecule has 1 heterocycles. The van der Waals surface area contributed by atoms with Crippen LogP contribution < -0.4 is 20.9 Å². The number of benzene rings is 3. The molecule has 0 bridgehead atoms. The van der Waals surface area contributed by atoms with Gasteiger partial charge in [0.1, 0.15) is 11.5 Å². The van der Waals surface area contributed by atoms with E-state index in [4.69, 9.17) is 27.9 Å². The fourth-order valence-corrected chi connectivity index (χ4v) is 4.00. The Morgan fingerprint density at radius 3 is 2.34 bits per heavy atom. The number of hydrogen-bond donors (Lipinski definition) is 1. The summed E-state index contributed by atoms with van der Waals surface area (Å²) in [4.78, 5) is 24.6. The van der Waals surface area contributed by atoms with Gasteiger partial charge < -0.3 is 4.74 Å². The summed E-state index contributed by atoms with van der Waals surface area (Å²) >= 11 is 15.5. The molecule has 7 nitrogen and oxygen atoms in total. The Morgan fingerprint density at radius 1 is 1.03 bits per heavy atom. The maximum Gasteiger partial charge on any atom is 0.279 e. The second kappa shape index (κ2) is 10.1. The average molecular weight is 575 g/mol. The van der Waals surface area contributed by atoms with E-state index in [1.807, 2.05) is 26.0 Å². The molecule has 0 saturated heterocycles. The molecule has 1 aromatic heterocycles. The summed E-state index contributed by atoms with van der Waals surface area (Å²) in [5, 5.41) is 16.3. The molecule has 3 aromatic carbocycles. The van der Waals surface area contributed by atoms with Crippen molar-refractivity contribution >= 4 is 56.5 Å². The molecule has 0 atom stereocenters. The highest BCUT2D eigenvalue weighted by Crippen LogP contribution is 2.29. The molecule has 0 amide bonds. The highest BCUT2D eigenvalue weighted by molar-refractivity contribution is 9.10. The van der Waals surface area contributed by atoms with E-state index in [-0.39, 0.29) is 16.5 Å². The summed E-state index contributed by atoms with van der Waals surface area (Å²) in [6.07, 6.45) is 1.49. The quantitative estimate of drug-likeness (QED) is 0.235. The van der Waals surface area contributed by atoms with Crippen LogP contribution in [0, 0.1) is 10.1 Å². The Balaban J connectivity index is 1.90. The lowest BCUT2D eigenvalue weighted by atomic mass is 10.1. The van der Waals surface area contributed by atoms with Gasteiger partial charge in [0, 0.05) is 10.5 Å².